The molecule has 1 saturated heterocycles. The van der Waals surface area contributed by atoms with Gasteiger partial charge < -0.3 is 0 Å². The van der Waals surface area contributed by atoms with Gasteiger partial charge in [-0.2, -0.15) is 0 Å². The SMILES string of the molecule is CCN1C(C)CN(C)C1CC(C)(C)C. The Morgan fingerprint density at radius 1 is 1.29 bits per heavy atom. The van der Waals surface area contributed by atoms with Gasteiger partial charge in [0.1, 0.15) is 0 Å². The fourth-order valence-corrected chi connectivity index (χ4v) is 2.53. The topological polar surface area (TPSA) is 6.48 Å². The minimum Gasteiger partial charge on any atom is -0.289 e. The highest BCUT2D eigenvalue weighted by Crippen LogP contribution is 2.29. The van der Waals surface area contributed by atoms with Crippen LogP contribution in [0.3, 0.4) is 0 Å². The van der Waals surface area contributed by atoms with Crippen molar-refractivity contribution in [2.45, 2.75) is 53.2 Å². The van der Waals surface area contributed by atoms with Crippen LogP contribution in [0.1, 0.15) is 41.0 Å². The van der Waals surface area contributed by atoms with E-state index in [1.54, 1.807) is 0 Å². The maximum Gasteiger partial charge on any atom is 0.0628 e. The predicted octanol–water partition coefficient (Wildman–Crippen LogP) is 2.40. The molecule has 14 heavy (non-hydrogen) atoms. The first kappa shape index (κ1) is 12.0. The summed E-state index contributed by atoms with van der Waals surface area (Å²) in [5.74, 6) is 0. The highest BCUT2D eigenvalue weighted by Gasteiger charge is 2.35. The number of hydrogen-bond acceptors (Lipinski definition) is 2. The van der Waals surface area contributed by atoms with Crippen LogP contribution in [0.15, 0.2) is 0 Å². The third-order valence-electron chi connectivity index (χ3n) is 3.17. The van der Waals surface area contributed by atoms with Crippen molar-refractivity contribution in [1.29, 1.82) is 0 Å². The summed E-state index contributed by atoms with van der Waals surface area (Å²) < 4.78 is 0. The Bertz CT molecular complexity index is 183. The van der Waals surface area contributed by atoms with Crippen LogP contribution in [0.4, 0.5) is 0 Å². The van der Waals surface area contributed by atoms with Crippen molar-refractivity contribution in [3.63, 3.8) is 0 Å². The van der Waals surface area contributed by atoms with Gasteiger partial charge in [0.25, 0.3) is 0 Å². The third-order valence-corrected chi connectivity index (χ3v) is 3.17. The van der Waals surface area contributed by atoms with Gasteiger partial charge in [-0.25, -0.2) is 0 Å². The van der Waals surface area contributed by atoms with Crippen LogP contribution in [0.25, 0.3) is 0 Å². The van der Waals surface area contributed by atoms with Crippen molar-refractivity contribution < 1.29 is 0 Å². The molecular weight excluding hydrogens is 172 g/mol. The summed E-state index contributed by atoms with van der Waals surface area (Å²) in [5, 5.41) is 0. The Hall–Kier alpha value is -0.0800. The molecule has 2 atom stereocenters. The van der Waals surface area contributed by atoms with Crippen LogP contribution in [0.2, 0.25) is 0 Å². The Morgan fingerprint density at radius 2 is 1.86 bits per heavy atom. The lowest BCUT2D eigenvalue weighted by Gasteiger charge is -2.33. The predicted molar refractivity (Wildman–Crippen MR) is 62.3 cm³/mol. The average molecular weight is 198 g/mol. The molecule has 84 valence electrons. The summed E-state index contributed by atoms with van der Waals surface area (Å²) in [7, 11) is 2.25. The summed E-state index contributed by atoms with van der Waals surface area (Å²) >= 11 is 0. The molecule has 0 saturated carbocycles. The van der Waals surface area contributed by atoms with E-state index in [2.05, 4.69) is 51.5 Å². The van der Waals surface area contributed by atoms with Gasteiger partial charge in [0.15, 0.2) is 0 Å². The number of likely N-dealkylation sites (N-methyl/N-ethyl adjacent to an activating group) is 2. The van der Waals surface area contributed by atoms with E-state index in [0.29, 0.717) is 11.6 Å². The molecule has 0 amide bonds. The molecule has 1 rings (SSSR count). The summed E-state index contributed by atoms with van der Waals surface area (Å²) in [4.78, 5) is 5.12. The normalized spacial score (nSPS) is 31.3. The monoisotopic (exact) mass is 198 g/mol. The molecule has 0 bridgehead atoms. The lowest BCUT2D eigenvalue weighted by Crippen LogP contribution is -2.41. The Balaban J connectivity index is 2.65. The Morgan fingerprint density at radius 3 is 2.29 bits per heavy atom. The van der Waals surface area contributed by atoms with Gasteiger partial charge in [0, 0.05) is 12.6 Å². The lowest BCUT2D eigenvalue weighted by molar-refractivity contribution is 0.101. The van der Waals surface area contributed by atoms with Crippen LogP contribution in [0.5, 0.6) is 0 Å². The van der Waals surface area contributed by atoms with E-state index in [1.165, 1.54) is 19.5 Å². The van der Waals surface area contributed by atoms with Gasteiger partial charge in [-0.15, -0.1) is 0 Å². The largest absolute Gasteiger partial charge is 0.289 e. The van der Waals surface area contributed by atoms with Gasteiger partial charge in [-0.1, -0.05) is 27.7 Å². The van der Waals surface area contributed by atoms with Gasteiger partial charge in [-0.3, -0.25) is 9.80 Å². The highest BCUT2D eigenvalue weighted by molar-refractivity contribution is 4.87. The van der Waals surface area contributed by atoms with Gasteiger partial charge in [-0.05, 0) is 32.4 Å². The molecule has 0 N–H and O–H groups in total. The third kappa shape index (κ3) is 2.71. The van der Waals surface area contributed by atoms with E-state index in [0.717, 1.165) is 6.04 Å². The minimum atomic E-state index is 0.427. The molecule has 0 aromatic rings. The van der Waals surface area contributed by atoms with Crippen LogP contribution in [-0.2, 0) is 0 Å². The zero-order chi connectivity index (χ0) is 10.9. The van der Waals surface area contributed by atoms with Gasteiger partial charge in [0.05, 0.1) is 6.17 Å². The van der Waals surface area contributed by atoms with Crippen molar-refractivity contribution in [1.82, 2.24) is 9.80 Å². The second kappa shape index (κ2) is 4.19. The molecule has 0 radical (unpaired) electrons. The Labute approximate surface area is 89.3 Å². The lowest BCUT2D eigenvalue weighted by atomic mass is 9.90. The summed E-state index contributed by atoms with van der Waals surface area (Å²) in [5.41, 5.74) is 0.427. The molecule has 1 aliphatic rings. The summed E-state index contributed by atoms with van der Waals surface area (Å²) in [6, 6.07) is 0.720. The summed E-state index contributed by atoms with van der Waals surface area (Å²) in [6.07, 6.45) is 1.91. The molecule has 2 nitrogen and oxygen atoms in total. The van der Waals surface area contributed by atoms with Gasteiger partial charge >= 0.3 is 0 Å². The standard InChI is InChI=1S/C12H26N2/c1-7-14-10(2)9-13(6)11(14)8-12(3,4)5/h10-11H,7-9H2,1-6H3. The van der Waals surface area contributed by atoms with Crippen molar-refractivity contribution in [2.24, 2.45) is 5.41 Å². The zero-order valence-electron chi connectivity index (χ0n) is 10.7. The first-order valence-electron chi connectivity index (χ1n) is 5.81. The molecular formula is C12H26N2. The molecule has 1 heterocycles. The fourth-order valence-electron chi connectivity index (χ4n) is 2.53. The van der Waals surface area contributed by atoms with Crippen molar-refractivity contribution in [3.8, 4) is 0 Å². The first-order chi connectivity index (χ1) is 6.35. The number of rotatable bonds is 2. The molecule has 0 spiro atoms. The molecule has 0 aromatic heterocycles. The van der Waals surface area contributed by atoms with Gasteiger partial charge in [0.2, 0.25) is 0 Å². The highest BCUT2D eigenvalue weighted by atomic mass is 15.4. The van der Waals surface area contributed by atoms with Crippen LogP contribution in [0, 0.1) is 5.41 Å². The van der Waals surface area contributed by atoms with E-state index in [4.69, 9.17) is 0 Å². The zero-order valence-corrected chi connectivity index (χ0v) is 10.7. The van der Waals surface area contributed by atoms with Crippen LogP contribution in [-0.4, -0.2) is 42.1 Å². The Kier molecular flexibility index (Phi) is 3.59. The average Bonchev–Trinajstić information content (AvgIpc) is 2.24. The fraction of sp³-hybridized carbons (Fsp3) is 1.00. The van der Waals surface area contributed by atoms with E-state index >= 15 is 0 Å². The second-order valence-corrected chi connectivity index (χ2v) is 5.86. The summed E-state index contributed by atoms with van der Waals surface area (Å²) in [6.45, 7) is 14.0. The van der Waals surface area contributed by atoms with E-state index in [9.17, 15) is 0 Å². The van der Waals surface area contributed by atoms with E-state index in [-0.39, 0.29) is 0 Å². The van der Waals surface area contributed by atoms with Crippen LogP contribution < -0.4 is 0 Å². The maximum atomic E-state index is 2.62. The van der Waals surface area contributed by atoms with Crippen molar-refractivity contribution >= 4 is 0 Å². The molecule has 0 aliphatic carbocycles. The van der Waals surface area contributed by atoms with E-state index < -0.39 is 0 Å². The van der Waals surface area contributed by atoms with E-state index in [1.807, 2.05) is 0 Å². The van der Waals surface area contributed by atoms with Crippen molar-refractivity contribution in [3.05, 3.63) is 0 Å². The molecule has 1 aliphatic heterocycles. The van der Waals surface area contributed by atoms with Crippen LogP contribution >= 0.6 is 0 Å². The van der Waals surface area contributed by atoms with Crippen molar-refractivity contribution in [2.75, 3.05) is 20.1 Å². The molecule has 2 unspecified atom stereocenters. The second-order valence-electron chi connectivity index (χ2n) is 5.86. The molecule has 0 aromatic carbocycles. The number of nitrogens with zero attached hydrogens (tertiary/aromatic N) is 2. The first-order valence-corrected chi connectivity index (χ1v) is 5.81. The number of hydrogen-bond donors (Lipinski definition) is 0. The smallest absolute Gasteiger partial charge is 0.0628 e. The minimum absolute atomic E-state index is 0.427. The quantitative estimate of drug-likeness (QED) is 0.672. The maximum absolute atomic E-state index is 2.62. The molecule has 2 heteroatoms. The molecule has 1 fully saturated rings.